The van der Waals surface area contributed by atoms with Crippen LogP contribution in [-0.4, -0.2) is 76.2 Å². The number of hydrogen-bond acceptors (Lipinski definition) is 5. The number of likely N-dealkylation sites (tertiary alicyclic amines) is 1. The number of nitrogens with zero attached hydrogens (tertiary/aromatic N) is 3. The first kappa shape index (κ1) is 31.4. The van der Waals surface area contributed by atoms with E-state index >= 15 is 0 Å². The Morgan fingerprint density at radius 2 is 1.74 bits per heavy atom. The lowest BCUT2D eigenvalue weighted by Gasteiger charge is -2.51. The van der Waals surface area contributed by atoms with Gasteiger partial charge in [-0.25, -0.2) is 4.39 Å². The van der Waals surface area contributed by atoms with E-state index in [2.05, 4.69) is 5.32 Å². The lowest BCUT2D eigenvalue weighted by molar-refractivity contribution is -0.157. The van der Waals surface area contributed by atoms with Gasteiger partial charge < -0.3 is 24.8 Å². The molecule has 5 rings (SSSR count). The second-order valence-electron chi connectivity index (χ2n) is 13.7. The number of benzene rings is 1. The molecule has 2 atom stereocenters. The van der Waals surface area contributed by atoms with Crippen LogP contribution in [0.3, 0.4) is 0 Å². The number of aromatic nitrogens is 1. The van der Waals surface area contributed by atoms with Crippen molar-refractivity contribution < 1.29 is 19.1 Å². The Balaban J connectivity index is 1.39. The van der Waals surface area contributed by atoms with E-state index in [1.165, 1.54) is 55.0 Å². The molecule has 2 N–H and O–H groups in total. The Labute approximate surface area is 254 Å². The largest absolute Gasteiger partial charge is 0.387 e. The SMILES string of the molecule is C[C@H](CC1CCCCC1)C(=O)N1CC[C@@](O)(Cn2cc(C(=O)N3CCNCC3)c(-c3ccccc3F)cc2=O)C(C)(C)C1. The van der Waals surface area contributed by atoms with Gasteiger partial charge in [0.1, 0.15) is 5.82 Å². The van der Waals surface area contributed by atoms with E-state index in [1.54, 1.807) is 23.1 Å². The van der Waals surface area contributed by atoms with Gasteiger partial charge in [0.15, 0.2) is 0 Å². The number of halogens is 1. The fraction of sp³-hybridized carbons (Fsp3) is 0.618. The molecule has 0 bridgehead atoms. The highest BCUT2D eigenvalue weighted by Gasteiger charge is 2.49. The van der Waals surface area contributed by atoms with Crippen LogP contribution in [-0.2, 0) is 11.3 Å². The van der Waals surface area contributed by atoms with Gasteiger partial charge in [0.05, 0.1) is 17.7 Å². The fourth-order valence-corrected chi connectivity index (χ4v) is 7.27. The molecule has 1 aromatic heterocycles. The highest BCUT2D eigenvalue weighted by molar-refractivity contribution is 6.00. The van der Waals surface area contributed by atoms with Crippen LogP contribution in [0.4, 0.5) is 4.39 Å². The number of pyridine rings is 1. The first-order valence-electron chi connectivity index (χ1n) is 16.0. The van der Waals surface area contributed by atoms with Crippen LogP contribution in [0.1, 0.15) is 76.1 Å². The second-order valence-corrected chi connectivity index (χ2v) is 13.7. The Bertz CT molecular complexity index is 1380. The van der Waals surface area contributed by atoms with Crippen molar-refractivity contribution in [1.82, 2.24) is 19.7 Å². The lowest BCUT2D eigenvalue weighted by Crippen LogP contribution is -2.61. The molecule has 3 fully saturated rings. The quantitative estimate of drug-likeness (QED) is 0.499. The van der Waals surface area contributed by atoms with E-state index < -0.39 is 22.4 Å². The summed E-state index contributed by atoms with van der Waals surface area (Å²) in [6.07, 6.45) is 8.90. The number of rotatable bonds is 7. The molecule has 2 aliphatic heterocycles. The summed E-state index contributed by atoms with van der Waals surface area (Å²) in [5, 5.41) is 15.3. The molecular formula is C34H47FN4O4. The Morgan fingerprint density at radius 3 is 2.42 bits per heavy atom. The minimum absolute atomic E-state index is 0.0299. The second kappa shape index (κ2) is 12.9. The molecule has 3 aliphatic rings. The molecule has 0 unspecified atom stereocenters. The number of hydrogen-bond donors (Lipinski definition) is 2. The van der Waals surface area contributed by atoms with Crippen LogP contribution in [0.25, 0.3) is 11.1 Å². The molecule has 1 aromatic carbocycles. The number of carbonyl (C=O) groups excluding carboxylic acids is 2. The minimum Gasteiger partial charge on any atom is -0.387 e. The van der Waals surface area contributed by atoms with Gasteiger partial charge in [-0.2, -0.15) is 0 Å². The van der Waals surface area contributed by atoms with Crippen molar-refractivity contribution >= 4 is 11.8 Å². The van der Waals surface area contributed by atoms with Gasteiger partial charge in [-0.15, -0.1) is 0 Å². The third-order valence-corrected chi connectivity index (χ3v) is 10.1. The van der Waals surface area contributed by atoms with Crippen LogP contribution in [0.5, 0.6) is 0 Å². The molecule has 2 saturated heterocycles. The molecule has 3 heterocycles. The van der Waals surface area contributed by atoms with Gasteiger partial charge in [-0.3, -0.25) is 14.4 Å². The zero-order valence-corrected chi connectivity index (χ0v) is 25.9. The predicted octanol–water partition coefficient (Wildman–Crippen LogP) is 4.30. The highest BCUT2D eigenvalue weighted by atomic mass is 19.1. The summed E-state index contributed by atoms with van der Waals surface area (Å²) >= 11 is 0. The summed E-state index contributed by atoms with van der Waals surface area (Å²) in [7, 11) is 0. The summed E-state index contributed by atoms with van der Waals surface area (Å²) in [6.45, 7) is 8.98. The summed E-state index contributed by atoms with van der Waals surface area (Å²) in [6, 6.07) is 7.45. The maximum atomic E-state index is 14.9. The predicted molar refractivity (Wildman–Crippen MR) is 165 cm³/mol. The van der Waals surface area contributed by atoms with Crippen LogP contribution < -0.4 is 10.9 Å². The standard InChI is InChI=1S/C34H47FN4O4/c1-24(19-25-9-5-4-6-10-25)31(41)38-16-13-34(43,33(2,3)22-38)23-39-21-28(32(42)37-17-14-36-15-18-37)27(20-30(39)40)26-11-7-8-12-29(26)35/h7-8,11-12,20-21,24-25,36,43H,4-6,9-10,13-19,22-23H2,1-3H3/t24-,34-/m1/s1. The first-order chi connectivity index (χ1) is 20.5. The average molecular weight is 595 g/mol. The first-order valence-corrected chi connectivity index (χ1v) is 16.0. The van der Waals surface area contributed by atoms with Crippen LogP contribution in [0, 0.1) is 23.1 Å². The van der Waals surface area contributed by atoms with Gasteiger partial charge in [-0.05, 0) is 24.8 Å². The van der Waals surface area contributed by atoms with Crippen LogP contribution >= 0.6 is 0 Å². The van der Waals surface area contributed by atoms with E-state index in [1.807, 2.05) is 25.7 Å². The Kier molecular flexibility index (Phi) is 9.42. The Morgan fingerprint density at radius 1 is 1.05 bits per heavy atom. The third-order valence-electron chi connectivity index (χ3n) is 10.1. The maximum absolute atomic E-state index is 14.9. The van der Waals surface area contributed by atoms with Crippen LogP contribution in [0.15, 0.2) is 41.3 Å². The van der Waals surface area contributed by atoms with Crippen molar-refractivity contribution in [2.24, 2.45) is 17.3 Å². The molecule has 8 nitrogen and oxygen atoms in total. The van der Waals surface area contributed by atoms with E-state index in [-0.39, 0.29) is 41.0 Å². The van der Waals surface area contributed by atoms with Gasteiger partial charge in [0.25, 0.3) is 11.5 Å². The molecule has 1 saturated carbocycles. The zero-order chi connectivity index (χ0) is 30.8. The molecule has 0 spiro atoms. The van der Waals surface area contributed by atoms with Crippen LogP contribution in [0.2, 0.25) is 0 Å². The van der Waals surface area contributed by atoms with E-state index in [9.17, 15) is 23.9 Å². The third kappa shape index (κ3) is 6.73. The molecule has 9 heteroatoms. The molecule has 1 aliphatic carbocycles. The van der Waals surface area contributed by atoms with Crippen molar-refractivity contribution in [1.29, 1.82) is 0 Å². The Hall–Kier alpha value is -3.04. The van der Waals surface area contributed by atoms with Crippen molar-refractivity contribution in [2.75, 3.05) is 39.3 Å². The normalized spacial score (nSPS) is 23.7. The number of piperazine rings is 1. The summed E-state index contributed by atoms with van der Waals surface area (Å²) < 4.78 is 16.3. The zero-order valence-electron chi connectivity index (χ0n) is 25.9. The van der Waals surface area contributed by atoms with Crippen molar-refractivity contribution in [3.63, 3.8) is 0 Å². The van der Waals surface area contributed by atoms with Crippen molar-refractivity contribution in [3.05, 3.63) is 58.3 Å². The monoisotopic (exact) mass is 594 g/mol. The molecule has 2 aromatic rings. The number of aliphatic hydroxyl groups is 1. The summed E-state index contributed by atoms with van der Waals surface area (Å²) in [5.74, 6) is -0.0939. The van der Waals surface area contributed by atoms with Gasteiger partial charge in [0.2, 0.25) is 5.91 Å². The smallest absolute Gasteiger partial charge is 0.256 e. The number of nitrogens with one attached hydrogen (secondary N) is 1. The van der Waals surface area contributed by atoms with E-state index in [0.717, 1.165) is 6.42 Å². The number of piperidine rings is 1. The number of amides is 2. The van der Waals surface area contributed by atoms with Gasteiger partial charge >= 0.3 is 0 Å². The van der Waals surface area contributed by atoms with Gasteiger partial charge in [0, 0.05) is 74.0 Å². The summed E-state index contributed by atoms with van der Waals surface area (Å²) in [4.78, 5) is 44.3. The molecule has 0 radical (unpaired) electrons. The van der Waals surface area contributed by atoms with Crippen molar-refractivity contribution in [2.45, 2.75) is 77.9 Å². The topological polar surface area (TPSA) is 94.9 Å². The van der Waals surface area contributed by atoms with Gasteiger partial charge in [-0.1, -0.05) is 71.1 Å². The fourth-order valence-electron chi connectivity index (χ4n) is 7.27. The van der Waals surface area contributed by atoms with E-state index in [0.29, 0.717) is 51.6 Å². The highest BCUT2D eigenvalue weighted by Crippen LogP contribution is 2.41. The summed E-state index contributed by atoms with van der Waals surface area (Å²) in [5.41, 5.74) is -1.75. The molecule has 234 valence electrons. The molecule has 43 heavy (non-hydrogen) atoms. The van der Waals surface area contributed by atoms with E-state index in [4.69, 9.17) is 0 Å². The maximum Gasteiger partial charge on any atom is 0.256 e. The minimum atomic E-state index is -1.30. The molecule has 2 amide bonds. The van der Waals surface area contributed by atoms with Crippen molar-refractivity contribution in [3.8, 4) is 11.1 Å². The lowest BCUT2D eigenvalue weighted by atomic mass is 9.69. The average Bonchev–Trinajstić information content (AvgIpc) is 3.00. The number of carbonyl (C=O) groups is 2. The molecular weight excluding hydrogens is 547 g/mol.